The van der Waals surface area contributed by atoms with E-state index in [0.29, 0.717) is 38.3 Å². The van der Waals surface area contributed by atoms with Crippen molar-refractivity contribution in [1.82, 2.24) is 15.9 Å². The van der Waals surface area contributed by atoms with E-state index in [1.54, 1.807) is 18.3 Å². The first-order valence-electron chi connectivity index (χ1n) is 7.27. The standard InChI is InChI=1S/C15H19N3O5/c19-14(18-21)4-3-13-2-1-11(9-16-13)10-17-23-15(20)12-5-7-22-8-6-12/h1-4,9,12,17,21H,5-8,10H2,(H,18,19). The van der Waals surface area contributed by atoms with Crippen LogP contribution in [-0.4, -0.2) is 35.3 Å². The number of hydrogen-bond donors (Lipinski definition) is 3. The van der Waals surface area contributed by atoms with Gasteiger partial charge in [0.25, 0.3) is 5.91 Å². The van der Waals surface area contributed by atoms with Crippen LogP contribution < -0.4 is 11.0 Å². The first-order chi connectivity index (χ1) is 11.2. The summed E-state index contributed by atoms with van der Waals surface area (Å²) in [6.07, 6.45) is 5.60. The molecule has 0 spiro atoms. The van der Waals surface area contributed by atoms with Crippen LogP contribution in [0.15, 0.2) is 24.4 Å². The van der Waals surface area contributed by atoms with E-state index in [-0.39, 0.29) is 11.9 Å². The third-order valence-electron chi connectivity index (χ3n) is 3.37. The summed E-state index contributed by atoms with van der Waals surface area (Å²) in [6.45, 7) is 1.52. The van der Waals surface area contributed by atoms with Gasteiger partial charge in [0.05, 0.1) is 18.2 Å². The number of carbonyl (C=O) groups is 2. The lowest BCUT2D eigenvalue weighted by Crippen LogP contribution is -2.29. The summed E-state index contributed by atoms with van der Waals surface area (Å²) in [5, 5.41) is 8.37. The smallest absolute Gasteiger partial charge is 0.327 e. The Morgan fingerprint density at radius 1 is 1.39 bits per heavy atom. The molecule has 2 heterocycles. The third-order valence-corrected chi connectivity index (χ3v) is 3.37. The quantitative estimate of drug-likeness (QED) is 0.399. The van der Waals surface area contributed by atoms with Crippen LogP contribution in [-0.2, 0) is 25.7 Å². The lowest BCUT2D eigenvalue weighted by atomic mass is 10.0. The number of hydroxylamine groups is 2. The Morgan fingerprint density at radius 3 is 2.83 bits per heavy atom. The fourth-order valence-electron chi connectivity index (χ4n) is 2.04. The van der Waals surface area contributed by atoms with Crippen molar-refractivity contribution in [3.05, 3.63) is 35.7 Å². The van der Waals surface area contributed by atoms with Gasteiger partial charge in [-0.1, -0.05) is 6.07 Å². The topological polar surface area (TPSA) is 110 Å². The molecule has 0 aliphatic carbocycles. The number of carbonyl (C=O) groups excluding carboxylic acids is 2. The van der Waals surface area contributed by atoms with Crippen LogP contribution in [0.25, 0.3) is 6.08 Å². The van der Waals surface area contributed by atoms with Crippen LogP contribution in [0.1, 0.15) is 24.1 Å². The number of amides is 1. The molecule has 2 rings (SSSR count). The first kappa shape index (κ1) is 17.1. The maximum atomic E-state index is 11.8. The molecule has 1 saturated heterocycles. The van der Waals surface area contributed by atoms with E-state index in [1.165, 1.54) is 11.6 Å². The van der Waals surface area contributed by atoms with Crippen LogP contribution in [0.5, 0.6) is 0 Å². The Bertz CT molecular complexity index is 553. The minimum Gasteiger partial charge on any atom is -0.381 e. The van der Waals surface area contributed by atoms with Gasteiger partial charge in [-0.2, -0.15) is 0 Å². The van der Waals surface area contributed by atoms with Gasteiger partial charge in [-0.25, -0.2) is 5.48 Å². The van der Waals surface area contributed by atoms with Crippen molar-refractivity contribution in [2.75, 3.05) is 13.2 Å². The van der Waals surface area contributed by atoms with Gasteiger partial charge < -0.3 is 9.57 Å². The van der Waals surface area contributed by atoms with Gasteiger partial charge in [0.2, 0.25) is 0 Å². The molecule has 8 nitrogen and oxygen atoms in total. The number of hydrogen-bond acceptors (Lipinski definition) is 7. The summed E-state index contributed by atoms with van der Waals surface area (Å²) in [7, 11) is 0. The number of ether oxygens (including phenoxy) is 1. The second-order valence-corrected chi connectivity index (χ2v) is 5.03. The number of rotatable bonds is 6. The summed E-state index contributed by atoms with van der Waals surface area (Å²) in [6, 6.07) is 3.50. The summed E-state index contributed by atoms with van der Waals surface area (Å²) in [4.78, 5) is 31.8. The van der Waals surface area contributed by atoms with E-state index in [9.17, 15) is 9.59 Å². The van der Waals surface area contributed by atoms with Crippen molar-refractivity contribution >= 4 is 18.0 Å². The van der Waals surface area contributed by atoms with Crippen molar-refractivity contribution in [3.8, 4) is 0 Å². The van der Waals surface area contributed by atoms with E-state index in [0.717, 1.165) is 11.6 Å². The highest BCUT2D eigenvalue weighted by atomic mass is 16.7. The molecule has 1 aliphatic heterocycles. The van der Waals surface area contributed by atoms with Crippen LogP contribution in [0.4, 0.5) is 0 Å². The minimum absolute atomic E-state index is 0.112. The highest BCUT2D eigenvalue weighted by Crippen LogP contribution is 2.15. The van der Waals surface area contributed by atoms with Gasteiger partial charge in [-0.15, -0.1) is 5.48 Å². The van der Waals surface area contributed by atoms with Gasteiger partial charge >= 0.3 is 5.97 Å². The molecule has 23 heavy (non-hydrogen) atoms. The van der Waals surface area contributed by atoms with Crippen molar-refractivity contribution < 1.29 is 24.4 Å². The first-order valence-corrected chi connectivity index (χ1v) is 7.27. The molecule has 0 unspecified atom stereocenters. The number of aromatic nitrogens is 1. The van der Waals surface area contributed by atoms with Crippen molar-refractivity contribution in [2.45, 2.75) is 19.4 Å². The van der Waals surface area contributed by atoms with Gasteiger partial charge in [0, 0.05) is 25.5 Å². The van der Waals surface area contributed by atoms with Crippen LogP contribution in [0.3, 0.4) is 0 Å². The van der Waals surface area contributed by atoms with Crippen molar-refractivity contribution in [3.63, 3.8) is 0 Å². The van der Waals surface area contributed by atoms with Crippen LogP contribution in [0, 0.1) is 5.92 Å². The normalized spacial score (nSPS) is 15.5. The summed E-state index contributed by atoms with van der Waals surface area (Å²) < 4.78 is 5.20. The van der Waals surface area contributed by atoms with Crippen LogP contribution in [0.2, 0.25) is 0 Å². The van der Waals surface area contributed by atoms with Gasteiger partial charge in [0.1, 0.15) is 0 Å². The van der Waals surface area contributed by atoms with Gasteiger partial charge in [-0.05, 0) is 30.5 Å². The molecule has 1 aromatic rings. The number of nitrogens with zero attached hydrogens (tertiary/aromatic N) is 1. The average Bonchev–Trinajstić information content (AvgIpc) is 2.61. The van der Waals surface area contributed by atoms with E-state index in [1.807, 2.05) is 0 Å². The Kier molecular flexibility index (Phi) is 6.67. The van der Waals surface area contributed by atoms with Crippen molar-refractivity contribution in [1.29, 1.82) is 0 Å². The largest absolute Gasteiger partial charge is 0.381 e. The molecule has 0 atom stereocenters. The van der Waals surface area contributed by atoms with Crippen LogP contribution >= 0.6 is 0 Å². The molecule has 1 aliphatic rings. The summed E-state index contributed by atoms with van der Waals surface area (Å²) in [5.41, 5.74) is 5.52. The second kappa shape index (κ2) is 8.99. The van der Waals surface area contributed by atoms with E-state index >= 15 is 0 Å². The molecule has 8 heteroatoms. The predicted molar refractivity (Wildman–Crippen MR) is 79.7 cm³/mol. The summed E-state index contributed by atoms with van der Waals surface area (Å²) in [5.74, 6) is -1.01. The molecule has 0 radical (unpaired) electrons. The molecule has 0 saturated carbocycles. The molecule has 3 N–H and O–H groups in total. The molecule has 124 valence electrons. The Labute approximate surface area is 133 Å². The molecular formula is C15H19N3O5. The summed E-state index contributed by atoms with van der Waals surface area (Å²) >= 11 is 0. The Balaban J connectivity index is 1.74. The molecular weight excluding hydrogens is 302 g/mol. The SMILES string of the molecule is O=C(C=Cc1ccc(CNOC(=O)C2CCOCC2)cn1)NO. The monoisotopic (exact) mass is 321 g/mol. The highest BCUT2D eigenvalue weighted by Gasteiger charge is 2.23. The Morgan fingerprint density at radius 2 is 2.17 bits per heavy atom. The van der Waals surface area contributed by atoms with Gasteiger partial charge in [-0.3, -0.25) is 19.8 Å². The molecule has 0 aromatic carbocycles. The van der Waals surface area contributed by atoms with E-state index in [2.05, 4.69) is 10.5 Å². The van der Waals surface area contributed by atoms with Crippen molar-refractivity contribution in [2.24, 2.45) is 5.92 Å². The fourth-order valence-corrected chi connectivity index (χ4v) is 2.04. The molecule has 1 aromatic heterocycles. The highest BCUT2D eigenvalue weighted by molar-refractivity contribution is 5.90. The lowest BCUT2D eigenvalue weighted by molar-refractivity contribution is -0.159. The number of pyridine rings is 1. The fraction of sp³-hybridized carbons (Fsp3) is 0.400. The molecule has 1 amide bonds. The van der Waals surface area contributed by atoms with Gasteiger partial charge in [0.15, 0.2) is 0 Å². The van der Waals surface area contributed by atoms with E-state index < -0.39 is 5.91 Å². The van der Waals surface area contributed by atoms with E-state index in [4.69, 9.17) is 14.8 Å². The molecule has 0 bridgehead atoms. The zero-order chi connectivity index (χ0) is 16.5. The second-order valence-electron chi connectivity index (χ2n) is 5.03. The molecule has 1 fully saturated rings. The zero-order valence-corrected chi connectivity index (χ0v) is 12.5. The Hall–Kier alpha value is -2.29. The maximum Gasteiger partial charge on any atom is 0.327 e. The minimum atomic E-state index is -0.627. The average molecular weight is 321 g/mol. The predicted octanol–water partition coefficient (Wildman–Crippen LogP) is 0.575. The zero-order valence-electron chi connectivity index (χ0n) is 12.5. The lowest BCUT2D eigenvalue weighted by Gasteiger charge is -2.20. The third kappa shape index (κ3) is 5.78. The maximum absolute atomic E-state index is 11.8. The number of nitrogens with one attached hydrogen (secondary N) is 2.